The molecule has 4 nitrogen and oxygen atoms in total. The van der Waals surface area contributed by atoms with E-state index < -0.39 is 23.4 Å². The summed E-state index contributed by atoms with van der Waals surface area (Å²) < 4.78 is 42.6. The third-order valence-corrected chi connectivity index (χ3v) is 2.80. The van der Waals surface area contributed by atoms with Gasteiger partial charge in [0.25, 0.3) is 0 Å². The van der Waals surface area contributed by atoms with Crippen LogP contribution in [0.5, 0.6) is 11.5 Å². The zero-order chi connectivity index (χ0) is 15.8. The predicted molar refractivity (Wildman–Crippen MR) is 76.7 cm³/mol. The van der Waals surface area contributed by atoms with Gasteiger partial charge in [-0.15, -0.1) is 0 Å². The van der Waals surface area contributed by atoms with Crippen molar-refractivity contribution < 1.29 is 27.8 Å². The molecule has 0 spiro atoms. The molecule has 0 aliphatic heterocycles. The Labute approximate surface area is 129 Å². The molecule has 0 N–H and O–H groups in total. The molecule has 0 atom stereocenters. The van der Waals surface area contributed by atoms with Crippen LogP contribution < -0.4 is 9.47 Å². The minimum Gasteiger partial charge on any atom is -0.491 e. The van der Waals surface area contributed by atoms with Gasteiger partial charge in [0.2, 0.25) is 11.6 Å². The van der Waals surface area contributed by atoms with Crippen molar-refractivity contribution in [1.29, 1.82) is 0 Å². The van der Waals surface area contributed by atoms with E-state index in [4.69, 9.17) is 14.2 Å². The lowest BCUT2D eigenvalue weighted by atomic mass is 10.3. The van der Waals surface area contributed by atoms with E-state index >= 15 is 0 Å². The highest BCUT2D eigenvalue weighted by Crippen LogP contribution is 2.31. The summed E-state index contributed by atoms with van der Waals surface area (Å²) in [4.78, 5) is 11.3. The normalized spacial score (nSPS) is 11.2. The number of hydrogen-bond acceptors (Lipinski definition) is 4. The van der Waals surface area contributed by atoms with Crippen LogP contribution in [0.25, 0.3) is 0 Å². The van der Waals surface area contributed by atoms with Crippen molar-refractivity contribution in [2.45, 2.75) is 13.8 Å². The van der Waals surface area contributed by atoms with Crippen LogP contribution in [0.2, 0.25) is 0 Å². The highest BCUT2D eigenvalue weighted by Gasteiger charge is 2.18. The Morgan fingerprint density at radius 3 is 2.57 bits per heavy atom. The average Bonchev–Trinajstić information content (AvgIpc) is 2.45. The maximum absolute atomic E-state index is 14.1. The van der Waals surface area contributed by atoms with E-state index in [0.717, 1.165) is 12.1 Å². The highest BCUT2D eigenvalue weighted by molar-refractivity contribution is 9.09. The summed E-state index contributed by atoms with van der Waals surface area (Å²) in [5.41, 5.74) is 0. The van der Waals surface area contributed by atoms with Crippen LogP contribution >= 0.6 is 15.9 Å². The second-order valence-electron chi connectivity index (χ2n) is 3.72. The van der Waals surface area contributed by atoms with Crippen molar-refractivity contribution in [3.05, 3.63) is 35.6 Å². The maximum atomic E-state index is 14.1. The van der Waals surface area contributed by atoms with E-state index in [-0.39, 0.29) is 30.1 Å². The molecule has 0 radical (unpaired) electrons. The van der Waals surface area contributed by atoms with Gasteiger partial charge in [-0.1, -0.05) is 15.9 Å². The van der Waals surface area contributed by atoms with Gasteiger partial charge < -0.3 is 14.2 Å². The van der Waals surface area contributed by atoms with E-state index in [2.05, 4.69) is 15.9 Å². The van der Waals surface area contributed by atoms with E-state index in [1.807, 2.05) is 0 Å². The lowest BCUT2D eigenvalue weighted by molar-refractivity contribution is -0.137. The Morgan fingerprint density at radius 1 is 1.29 bits per heavy atom. The molecular weight excluding hydrogens is 350 g/mol. The number of carbonyl (C=O) groups is 1. The second-order valence-corrected chi connectivity index (χ2v) is 4.28. The van der Waals surface area contributed by atoms with E-state index in [9.17, 15) is 13.6 Å². The molecule has 1 aromatic rings. The second kappa shape index (κ2) is 8.61. The lowest BCUT2D eigenvalue weighted by Crippen LogP contribution is -2.07. The summed E-state index contributed by atoms with van der Waals surface area (Å²) >= 11 is 3.07. The third-order valence-electron chi connectivity index (χ3n) is 2.24. The Morgan fingerprint density at radius 2 is 2.00 bits per heavy atom. The molecule has 0 aromatic heterocycles. The van der Waals surface area contributed by atoms with Crippen molar-refractivity contribution in [3.8, 4) is 11.5 Å². The van der Waals surface area contributed by atoms with Crippen molar-refractivity contribution >= 4 is 21.9 Å². The lowest BCUT2D eigenvalue weighted by Gasteiger charge is -2.12. The van der Waals surface area contributed by atoms with Gasteiger partial charge in [0.15, 0.2) is 11.6 Å². The number of benzene rings is 1. The molecule has 116 valence electrons. The number of esters is 1. The largest absolute Gasteiger partial charge is 0.491 e. The average molecular weight is 365 g/mol. The summed E-state index contributed by atoms with van der Waals surface area (Å²) in [6, 6.07) is 2.20. The van der Waals surface area contributed by atoms with Crippen LogP contribution in [0, 0.1) is 11.6 Å². The van der Waals surface area contributed by atoms with E-state index in [1.165, 1.54) is 6.07 Å². The monoisotopic (exact) mass is 364 g/mol. The van der Waals surface area contributed by atoms with Gasteiger partial charge in [-0.25, -0.2) is 9.18 Å². The molecule has 0 unspecified atom stereocenters. The van der Waals surface area contributed by atoms with E-state index in [1.54, 1.807) is 13.8 Å². The number of carbonyl (C=O) groups excluding carboxylic acids is 1. The van der Waals surface area contributed by atoms with Crippen LogP contribution in [0.3, 0.4) is 0 Å². The molecular formula is C14H15BrF2O4. The van der Waals surface area contributed by atoms with Gasteiger partial charge in [0.05, 0.1) is 24.6 Å². The fraction of sp³-hybridized carbons (Fsp3) is 0.357. The van der Waals surface area contributed by atoms with E-state index in [0.29, 0.717) is 0 Å². The minimum absolute atomic E-state index is 0.0138. The van der Waals surface area contributed by atoms with Crippen LogP contribution in [0.1, 0.15) is 13.8 Å². The number of rotatable bonds is 7. The molecule has 0 amide bonds. The molecule has 0 bridgehead atoms. The van der Waals surface area contributed by atoms with Gasteiger partial charge in [-0.05, 0) is 26.0 Å². The van der Waals surface area contributed by atoms with Crippen molar-refractivity contribution in [1.82, 2.24) is 0 Å². The first-order valence-electron chi connectivity index (χ1n) is 6.25. The fourth-order valence-corrected chi connectivity index (χ4v) is 1.69. The maximum Gasteiger partial charge on any atom is 0.334 e. The molecule has 0 fully saturated rings. The molecule has 0 aliphatic carbocycles. The topological polar surface area (TPSA) is 44.8 Å². The fourth-order valence-electron chi connectivity index (χ4n) is 1.42. The summed E-state index contributed by atoms with van der Waals surface area (Å²) in [6.07, 6.45) is 1.02. The smallest absolute Gasteiger partial charge is 0.334 e. The summed E-state index contributed by atoms with van der Waals surface area (Å²) in [6.45, 7) is 3.73. The molecule has 1 aromatic carbocycles. The SMILES string of the molecule is CCOC(=O)/C=C(/CBr)Oc1c(F)ccc(OCC)c1F. The van der Waals surface area contributed by atoms with Gasteiger partial charge in [0.1, 0.15) is 5.76 Å². The predicted octanol–water partition coefficient (Wildman–Crippen LogP) is 3.58. The molecule has 1 rings (SSSR count). The molecule has 7 heteroatoms. The Bertz CT molecular complexity index is 532. The van der Waals surface area contributed by atoms with Gasteiger partial charge in [-0.2, -0.15) is 4.39 Å². The third kappa shape index (κ3) is 5.00. The number of alkyl halides is 1. The Hall–Kier alpha value is -1.63. The molecule has 0 saturated heterocycles. The van der Waals surface area contributed by atoms with Crippen LogP contribution in [-0.4, -0.2) is 24.5 Å². The summed E-state index contributed by atoms with van der Waals surface area (Å²) in [7, 11) is 0. The number of halogens is 3. The zero-order valence-electron chi connectivity index (χ0n) is 11.6. The number of ether oxygens (including phenoxy) is 3. The molecule has 0 aliphatic rings. The molecule has 0 saturated carbocycles. The minimum atomic E-state index is -0.965. The molecule has 21 heavy (non-hydrogen) atoms. The standard InChI is InChI=1S/C14H15BrF2O4/c1-3-19-11-6-5-10(16)14(13(11)17)21-9(8-15)7-12(18)20-4-2/h5-7H,3-4,8H2,1-2H3/b9-7-. The number of hydrogen-bond donors (Lipinski definition) is 0. The Balaban J connectivity index is 3.04. The summed E-state index contributed by atoms with van der Waals surface area (Å²) in [5.74, 6) is -3.26. The van der Waals surface area contributed by atoms with Gasteiger partial charge >= 0.3 is 5.97 Å². The van der Waals surface area contributed by atoms with Crippen molar-refractivity contribution in [2.24, 2.45) is 0 Å². The first-order chi connectivity index (χ1) is 10.0. The summed E-state index contributed by atoms with van der Waals surface area (Å²) in [5, 5.41) is 0.0869. The van der Waals surface area contributed by atoms with Gasteiger partial charge in [0, 0.05) is 0 Å². The van der Waals surface area contributed by atoms with Crippen LogP contribution in [-0.2, 0) is 9.53 Å². The highest BCUT2D eigenvalue weighted by atomic mass is 79.9. The van der Waals surface area contributed by atoms with Crippen molar-refractivity contribution in [2.75, 3.05) is 18.5 Å². The quantitative estimate of drug-likeness (QED) is 0.321. The zero-order valence-corrected chi connectivity index (χ0v) is 13.2. The molecule has 0 heterocycles. The first kappa shape index (κ1) is 17.4. The first-order valence-corrected chi connectivity index (χ1v) is 7.37. The van der Waals surface area contributed by atoms with Crippen LogP contribution in [0.15, 0.2) is 24.0 Å². The Kier molecular flexibility index (Phi) is 7.14. The number of allylic oxidation sites excluding steroid dienone is 1. The van der Waals surface area contributed by atoms with Crippen molar-refractivity contribution in [3.63, 3.8) is 0 Å². The van der Waals surface area contributed by atoms with Crippen LogP contribution in [0.4, 0.5) is 8.78 Å². The van der Waals surface area contributed by atoms with Gasteiger partial charge in [-0.3, -0.25) is 0 Å².